The molecule has 0 aromatic heterocycles. The van der Waals surface area contributed by atoms with Gasteiger partial charge in [0.15, 0.2) is 0 Å². The van der Waals surface area contributed by atoms with Crippen LogP contribution in [0, 0.1) is 11.8 Å². The van der Waals surface area contributed by atoms with Crippen LogP contribution in [-0.4, -0.2) is 12.8 Å². The lowest BCUT2D eigenvalue weighted by atomic mass is 10.2. The van der Waals surface area contributed by atoms with Crippen molar-refractivity contribution in [2.75, 3.05) is 6.54 Å². The Morgan fingerprint density at radius 2 is 2.15 bits per heavy atom. The normalized spacial score (nSPS) is 11.5. The minimum Gasteiger partial charge on any atom is -0.293 e. The van der Waals surface area contributed by atoms with E-state index < -0.39 is 0 Å². The maximum Gasteiger partial charge on any atom is 0.0389 e. The molecule has 0 aromatic rings. The van der Waals surface area contributed by atoms with E-state index in [2.05, 4.69) is 29.8 Å². The van der Waals surface area contributed by atoms with E-state index in [0.29, 0.717) is 0 Å². The van der Waals surface area contributed by atoms with E-state index in [9.17, 15) is 0 Å². The van der Waals surface area contributed by atoms with Gasteiger partial charge in [0.05, 0.1) is 0 Å². The van der Waals surface area contributed by atoms with Crippen LogP contribution >= 0.6 is 0 Å². The minimum atomic E-state index is 0.927. The first-order valence-electron chi connectivity index (χ1n) is 4.83. The molecule has 0 aromatic carbocycles. The molecule has 0 amide bonds. The third-order valence-corrected chi connectivity index (χ3v) is 1.77. The highest BCUT2D eigenvalue weighted by molar-refractivity contribution is 5.77. The van der Waals surface area contributed by atoms with Crippen molar-refractivity contribution in [1.82, 2.24) is 0 Å². The SMILES string of the molecule is CC#CCCCCN=C/C(C)=C/C. The third kappa shape index (κ3) is 8.88. The summed E-state index contributed by atoms with van der Waals surface area (Å²) in [5.41, 5.74) is 1.23. The first kappa shape index (κ1) is 12.0. The van der Waals surface area contributed by atoms with Crippen molar-refractivity contribution in [3.8, 4) is 11.8 Å². The summed E-state index contributed by atoms with van der Waals surface area (Å²) in [6, 6.07) is 0. The Labute approximate surface area is 82.0 Å². The molecule has 0 aliphatic carbocycles. The second kappa shape index (κ2) is 9.06. The van der Waals surface area contributed by atoms with Gasteiger partial charge in [0.25, 0.3) is 0 Å². The fourth-order valence-corrected chi connectivity index (χ4v) is 0.825. The van der Waals surface area contributed by atoms with Crippen LogP contribution in [0.4, 0.5) is 0 Å². The van der Waals surface area contributed by atoms with Crippen LogP contribution in [-0.2, 0) is 0 Å². The van der Waals surface area contributed by atoms with Gasteiger partial charge in [-0.05, 0) is 39.2 Å². The molecule has 0 aliphatic rings. The summed E-state index contributed by atoms with van der Waals surface area (Å²) >= 11 is 0. The van der Waals surface area contributed by atoms with E-state index >= 15 is 0 Å². The van der Waals surface area contributed by atoms with E-state index in [1.54, 1.807) is 0 Å². The zero-order valence-electron chi connectivity index (χ0n) is 8.93. The van der Waals surface area contributed by atoms with E-state index in [-0.39, 0.29) is 0 Å². The van der Waals surface area contributed by atoms with Gasteiger partial charge in [0.1, 0.15) is 0 Å². The number of hydrogen-bond acceptors (Lipinski definition) is 1. The van der Waals surface area contributed by atoms with Crippen LogP contribution in [0.3, 0.4) is 0 Å². The van der Waals surface area contributed by atoms with Gasteiger partial charge < -0.3 is 0 Å². The molecular formula is C12H19N. The van der Waals surface area contributed by atoms with Crippen molar-refractivity contribution in [3.63, 3.8) is 0 Å². The molecule has 13 heavy (non-hydrogen) atoms. The summed E-state index contributed by atoms with van der Waals surface area (Å²) in [6.07, 6.45) is 7.31. The average Bonchev–Trinajstić information content (AvgIpc) is 2.16. The van der Waals surface area contributed by atoms with Crippen LogP contribution in [0.1, 0.15) is 40.0 Å². The van der Waals surface area contributed by atoms with E-state index in [0.717, 1.165) is 25.8 Å². The smallest absolute Gasteiger partial charge is 0.0389 e. The van der Waals surface area contributed by atoms with Crippen LogP contribution in [0.15, 0.2) is 16.6 Å². The van der Waals surface area contributed by atoms with E-state index in [4.69, 9.17) is 0 Å². The van der Waals surface area contributed by atoms with Crippen molar-refractivity contribution in [2.45, 2.75) is 40.0 Å². The Morgan fingerprint density at radius 1 is 1.38 bits per heavy atom. The lowest BCUT2D eigenvalue weighted by molar-refractivity contribution is 0.770. The van der Waals surface area contributed by atoms with Gasteiger partial charge in [-0.3, -0.25) is 4.99 Å². The van der Waals surface area contributed by atoms with Crippen molar-refractivity contribution in [2.24, 2.45) is 4.99 Å². The summed E-state index contributed by atoms with van der Waals surface area (Å²) in [4.78, 5) is 4.30. The molecule has 0 bridgehead atoms. The quantitative estimate of drug-likeness (QED) is 0.347. The molecule has 0 spiro atoms. The molecule has 0 fully saturated rings. The maximum atomic E-state index is 4.30. The van der Waals surface area contributed by atoms with Crippen LogP contribution in [0.5, 0.6) is 0 Å². The zero-order chi connectivity index (χ0) is 9.94. The Morgan fingerprint density at radius 3 is 2.77 bits per heavy atom. The number of rotatable bonds is 5. The van der Waals surface area contributed by atoms with Crippen LogP contribution in [0.25, 0.3) is 0 Å². The Balaban J connectivity index is 3.33. The molecule has 0 aliphatic heterocycles. The highest BCUT2D eigenvalue weighted by Crippen LogP contribution is 1.94. The van der Waals surface area contributed by atoms with E-state index in [1.807, 2.05) is 20.1 Å². The summed E-state index contributed by atoms with van der Waals surface area (Å²) in [6.45, 7) is 6.90. The van der Waals surface area contributed by atoms with Gasteiger partial charge in [-0.15, -0.1) is 11.8 Å². The van der Waals surface area contributed by atoms with Gasteiger partial charge in [0, 0.05) is 19.2 Å². The van der Waals surface area contributed by atoms with Crippen LogP contribution < -0.4 is 0 Å². The highest BCUT2D eigenvalue weighted by Gasteiger charge is 1.83. The van der Waals surface area contributed by atoms with Crippen molar-refractivity contribution < 1.29 is 0 Å². The summed E-state index contributed by atoms with van der Waals surface area (Å²) in [5.74, 6) is 5.93. The average molecular weight is 177 g/mol. The number of hydrogen-bond donors (Lipinski definition) is 0. The molecule has 0 radical (unpaired) electrons. The second-order valence-electron chi connectivity index (χ2n) is 2.95. The Kier molecular flexibility index (Phi) is 8.34. The predicted molar refractivity (Wildman–Crippen MR) is 60.1 cm³/mol. The van der Waals surface area contributed by atoms with Gasteiger partial charge in [0.2, 0.25) is 0 Å². The Hall–Kier alpha value is -1.03. The van der Waals surface area contributed by atoms with Gasteiger partial charge in [-0.2, -0.15) is 0 Å². The molecule has 0 unspecified atom stereocenters. The topological polar surface area (TPSA) is 12.4 Å². The maximum absolute atomic E-state index is 4.30. The summed E-state index contributed by atoms with van der Waals surface area (Å²) < 4.78 is 0. The number of unbranched alkanes of at least 4 members (excludes halogenated alkanes) is 2. The molecule has 0 heterocycles. The summed E-state index contributed by atoms with van der Waals surface area (Å²) in [7, 11) is 0. The second-order valence-corrected chi connectivity index (χ2v) is 2.95. The molecule has 0 saturated carbocycles. The molecular weight excluding hydrogens is 158 g/mol. The monoisotopic (exact) mass is 177 g/mol. The highest BCUT2D eigenvalue weighted by atomic mass is 14.7. The first-order chi connectivity index (χ1) is 6.31. The molecule has 1 nitrogen and oxygen atoms in total. The van der Waals surface area contributed by atoms with Gasteiger partial charge in [-0.25, -0.2) is 0 Å². The Bertz CT molecular complexity index is 225. The van der Waals surface area contributed by atoms with Gasteiger partial charge >= 0.3 is 0 Å². The fourth-order valence-electron chi connectivity index (χ4n) is 0.825. The number of aliphatic imine (C=N–C) groups is 1. The number of nitrogens with zero attached hydrogens (tertiary/aromatic N) is 1. The molecule has 72 valence electrons. The van der Waals surface area contributed by atoms with Crippen molar-refractivity contribution in [3.05, 3.63) is 11.6 Å². The fraction of sp³-hybridized carbons (Fsp3) is 0.583. The minimum absolute atomic E-state index is 0.927. The number of allylic oxidation sites excluding steroid dienone is 2. The van der Waals surface area contributed by atoms with Crippen molar-refractivity contribution >= 4 is 6.21 Å². The third-order valence-electron chi connectivity index (χ3n) is 1.77. The van der Waals surface area contributed by atoms with Crippen LogP contribution in [0.2, 0.25) is 0 Å². The standard InChI is InChI=1S/C12H19N/c1-4-6-7-8-9-10-13-11-12(3)5-2/h5,11H,7-10H2,1-3H3/b12-5+,13-11?. The molecule has 0 atom stereocenters. The lowest BCUT2D eigenvalue weighted by Crippen LogP contribution is -1.83. The lowest BCUT2D eigenvalue weighted by Gasteiger charge is -1.92. The molecule has 0 saturated heterocycles. The summed E-state index contributed by atoms with van der Waals surface area (Å²) in [5, 5.41) is 0. The zero-order valence-corrected chi connectivity index (χ0v) is 8.93. The predicted octanol–water partition coefficient (Wildman–Crippen LogP) is 3.22. The largest absolute Gasteiger partial charge is 0.293 e. The van der Waals surface area contributed by atoms with E-state index in [1.165, 1.54) is 5.57 Å². The van der Waals surface area contributed by atoms with Gasteiger partial charge in [-0.1, -0.05) is 6.08 Å². The molecule has 0 rings (SSSR count). The first-order valence-corrected chi connectivity index (χ1v) is 4.83. The van der Waals surface area contributed by atoms with Crippen molar-refractivity contribution in [1.29, 1.82) is 0 Å². The molecule has 1 heteroatoms. The molecule has 0 N–H and O–H groups in total.